The van der Waals surface area contributed by atoms with Crippen LogP contribution in [0.4, 0.5) is 5.95 Å². The Labute approximate surface area is 241 Å². The average Bonchev–Trinajstić information content (AvgIpc) is 3.38. The molecule has 206 valence electrons. The second-order valence-electron chi connectivity index (χ2n) is 10.4. The van der Waals surface area contributed by atoms with E-state index in [9.17, 15) is 5.11 Å². The fourth-order valence-corrected chi connectivity index (χ4v) is 5.05. The Morgan fingerprint density at radius 3 is 2.52 bits per heavy atom. The van der Waals surface area contributed by atoms with Gasteiger partial charge in [-0.15, -0.1) is 5.10 Å². The largest absolute Gasteiger partial charge is 0.508 e. The third kappa shape index (κ3) is 7.00. The Bertz CT molecular complexity index is 1460. The Hall–Kier alpha value is -3.88. The van der Waals surface area contributed by atoms with Crippen LogP contribution in [-0.4, -0.2) is 56.8 Å². The molecule has 0 radical (unpaired) electrons. The van der Waals surface area contributed by atoms with Crippen molar-refractivity contribution in [1.29, 1.82) is 0 Å². The van der Waals surface area contributed by atoms with Crippen LogP contribution in [0.15, 0.2) is 77.8 Å². The van der Waals surface area contributed by atoms with Crippen LogP contribution in [0, 0.1) is 0 Å². The molecular formula is C32H35N5O2S. The highest BCUT2D eigenvalue weighted by Gasteiger charge is 2.19. The normalized spacial score (nSPS) is 14.2. The molecule has 3 aromatic carbocycles. The number of anilines is 1. The Kier molecular flexibility index (Phi) is 8.98. The summed E-state index contributed by atoms with van der Waals surface area (Å²) in [6.07, 6.45) is 4.46. The number of hydrogen-bond donors (Lipinski definition) is 2. The molecule has 0 unspecified atom stereocenters. The molecule has 0 bridgehead atoms. The lowest BCUT2D eigenvalue weighted by atomic mass is 9.94. The van der Waals surface area contributed by atoms with Gasteiger partial charge in [-0.1, -0.05) is 74.6 Å². The van der Waals surface area contributed by atoms with Crippen molar-refractivity contribution in [1.82, 2.24) is 14.8 Å². The predicted molar refractivity (Wildman–Crippen MR) is 165 cm³/mol. The van der Waals surface area contributed by atoms with E-state index in [1.165, 1.54) is 11.1 Å². The second kappa shape index (κ2) is 13.0. The highest BCUT2D eigenvalue weighted by atomic mass is 32.1. The molecule has 0 spiro atoms. The maximum Gasteiger partial charge on any atom is 0.226 e. The second-order valence-corrected chi connectivity index (χ2v) is 11.0. The SMILES string of the molecule is CC(C)c1ccccc1CC(=S)CN=Cc1ccc(-c2nc(NC3CCOCC3)n(-c3ccc(O)cc3)n2)cc1. The summed E-state index contributed by atoms with van der Waals surface area (Å²) in [6.45, 7) is 6.40. The molecule has 2 N–H and O–H groups in total. The fourth-order valence-electron chi connectivity index (χ4n) is 4.82. The van der Waals surface area contributed by atoms with Crippen LogP contribution in [0.2, 0.25) is 0 Å². The van der Waals surface area contributed by atoms with Crippen molar-refractivity contribution in [2.24, 2.45) is 4.99 Å². The summed E-state index contributed by atoms with van der Waals surface area (Å²) in [5, 5.41) is 18.1. The van der Waals surface area contributed by atoms with Crippen molar-refractivity contribution in [2.45, 2.75) is 45.1 Å². The summed E-state index contributed by atoms with van der Waals surface area (Å²) in [6, 6.07) is 23.8. The van der Waals surface area contributed by atoms with Gasteiger partial charge < -0.3 is 15.2 Å². The van der Waals surface area contributed by atoms with Gasteiger partial charge >= 0.3 is 0 Å². The van der Waals surface area contributed by atoms with Crippen molar-refractivity contribution in [2.75, 3.05) is 25.1 Å². The zero-order valence-corrected chi connectivity index (χ0v) is 23.8. The van der Waals surface area contributed by atoms with Gasteiger partial charge in [-0.3, -0.25) is 4.99 Å². The zero-order valence-electron chi connectivity index (χ0n) is 23.0. The van der Waals surface area contributed by atoms with E-state index < -0.39 is 0 Å². The minimum atomic E-state index is 0.210. The van der Waals surface area contributed by atoms with Crippen LogP contribution < -0.4 is 5.32 Å². The van der Waals surface area contributed by atoms with Crippen molar-refractivity contribution < 1.29 is 9.84 Å². The van der Waals surface area contributed by atoms with Crippen LogP contribution in [0.3, 0.4) is 0 Å². The summed E-state index contributed by atoms with van der Waals surface area (Å²) in [5.41, 5.74) is 5.35. The van der Waals surface area contributed by atoms with Crippen LogP contribution in [0.5, 0.6) is 5.75 Å². The summed E-state index contributed by atoms with van der Waals surface area (Å²) in [4.78, 5) is 10.4. The van der Waals surface area contributed by atoms with E-state index in [1.807, 2.05) is 42.6 Å². The number of aromatic nitrogens is 3. The molecule has 1 aromatic heterocycles. The van der Waals surface area contributed by atoms with Crippen molar-refractivity contribution in [3.05, 3.63) is 89.5 Å². The number of ether oxygens (including phenoxy) is 1. The number of aliphatic imine (C=N–C) groups is 1. The highest BCUT2D eigenvalue weighted by molar-refractivity contribution is 7.80. The fraction of sp³-hybridized carbons (Fsp3) is 0.312. The highest BCUT2D eigenvalue weighted by Crippen LogP contribution is 2.25. The average molecular weight is 554 g/mol. The van der Waals surface area contributed by atoms with Gasteiger partial charge in [-0.2, -0.15) is 9.67 Å². The number of hydrogen-bond acceptors (Lipinski definition) is 7. The minimum Gasteiger partial charge on any atom is -0.508 e. The maximum absolute atomic E-state index is 9.74. The van der Waals surface area contributed by atoms with Gasteiger partial charge in [0, 0.05) is 42.3 Å². The van der Waals surface area contributed by atoms with Crippen LogP contribution in [0.25, 0.3) is 17.1 Å². The van der Waals surface area contributed by atoms with E-state index in [0.717, 1.165) is 54.2 Å². The molecule has 1 aliphatic rings. The van der Waals surface area contributed by atoms with Gasteiger partial charge in [-0.05, 0) is 59.7 Å². The lowest BCUT2D eigenvalue weighted by Crippen LogP contribution is -2.29. The van der Waals surface area contributed by atoms with Gasteiger partial charge in [-0.25, -0.2) is 0 Å². The van der Waals surface area contributed by atoms with E-state index in [1.54, 1.807) is 16.8 Å². The summed E-state index contributed by atoms with van der Waals surface area (Å²) in [7, 11) is 0. The maximum atomic E-state index is 9.74. The number of phenols is 1. The quantitative estimate of drug-likeness (QED) is 0.175. The molecule has 7 nitrogen and oxygen atoms in total. The molecule has 2 heterocycles. The smallest absolute Gasteiger partial charge is 0.226 e. The molecule has 5 rings (SSSR count). The molecule has 0 atom stereocenters. The number of benzene rings is 3. The topological polar surface area (TPSA) is 84.6 Å². The third-order valence-corrected chi connectivity index (χ3v) is 7.27. The number of thiocarbonyl (C=S) groups is 1. The van der Waals surface area contributed by atoms with Gasteiger partial charge in [0.25, 0.3) is 0 Å². The van der Waals surface area contributed by atoms with E-state index in [4.69, 9.17) is 27.0 Å². The van der Waals surface area contributed by atoms with Crippen LogP contribution in [0.1, 0.15) is 49.3 Å². The molecule has 1 aliphatic heterocycles. The van der Waals surface area contributed by atoms with Crippen molar-refractivity contribution in [3.8, 4) is 22.8 Å². The molecular weight excluding hydrogens is 518 g/mol. The van der Waals surface area contributed by atoms with E-state index in [-0.39, 0.29) is 11.8 Å². The predicted octanol–water partition coefficient (Wildman–Crippen LogP) is 6.39. The van der Waals surface area contributed by atoms with Gasteiger partial charge in [0.1, 0.15) is 5.75 Å². The molecule has 0 saturated carbocycles. The van der Waals surface area contributed by atoms with E-state index in [2.05, 4.69) is 48.4 Å². The first-order valence-electron chi connectivity index (χ1n) is 13.8. The first-order chi connectivity index (χ1) is 19.5. The molecule has 4 aromatic rings. The van der Waals surface area contributed by atoms with E-state index >= 15 is 0 Å². The van der Waals surface area contributed by atoms with Gasteiger partial charge in [0.2, 0.25) is 5.95 Å². The third-order valence-electron chi connectivity index (χ3n) is 7.00. The number of aromatic hydroxyl groups is 1. The summed E-state index contributed by atoms with van der Waals surface area (Å²) >= 11 is 5.64. The molecule has 40 heavy (non-hydrogen) atoms. The van der Waals surface area contributed by atoms with E-state index in [0.29, 0.717) is 24.2 Å². The molecule has 1 saturated heterocycles. The number of nitrogens with one attached hydrogen (secondary N) is 1. The van der Waals surface area contributed by atoms with Crippen LogP contribution in [-0.2, 0) is 11.2 Å². The van der Waals surface area contributed by atoms with Crippen molar-refractivity contribution in [3.63, 3.8) is 0 Å². The standard InChI is InChI=1S/C32H35N5O2S/c1-22(2)30-6-4-3-5-25(30)19-29(40)21-33-20-23-7-9-24(10-8-23)31-35-32(34-26-15-17-39-18-16-26)37(36-31)27-11-13-28(38)14-12-27/h3-14,20,22,26,38H,15-19,21H2,1-2H3,(H,34,35,36). The van der Waals surface area contributed by atoms with Crippen molar-refractivity contribution >= 4 is 29.2 Å². The molecule has 8 heteroatoms. The monoisotopic (exact) mass is 553 g/mol. The van der Waals surface area contributed by atoms with Gasteiger partial charge in [0.15, 0.2) is 5.82 Å². The Morgan fingerprint density at radius 2 is 1.80 bits per heavy atom. The number of phenolic OH excluding ortho intramolecular Hbond substituents is 1. The molecule has 1 fully saturated rings. The van der Waals surface area contributed by atoms with Gasteiger partial charge in [0.05, 0.1) is 12.2 Å². The van der Waals surface area contributed by atoms with Crippen LogP contribution >= 0.6 is 12.2 Å². The lowest BCUT2D eigenvalue weighted by Gasteiger charge is -2.23. The summed E-state index contributed by atoms with van der Waals surface area (Å²) < 4.78 is 7.29. The number of nitrogens with zero attached hydrogens (tertiary/aromatic N) is 4. The molecule has 0 amide bonds. The first kappa shape index (κ1) is 27.7. The summed E-state index contributed by atoms with van der Waals surface area (Å²) in [5.74, 6) is 1.97. The molecule has 0 aliphatic carbocycles. The zero-order chi connectivity index (χ0) is 27.9. The Morgan fingerprint density at radius 1 is 1.07 bits per heavy atom. The lowest BCUT2D eigenvalue weighted by molar-refractivity contribution is 0.0902. The Balaban J connectivity index is 1.27. The first-order valence-corrected chi connectivity index (χ1v) is 14.2. The number of rotatable bonds is 10. The minimum absolute atomic E-state index is 0.210.